The Hall–Kier alpha value is -7.36. The Morgan fingerprint density at radius 1 is 0.300 bits per heavy atom. The third-order valence-electron chi connectivity index (χ3n) is 20.4. The van der Waals surface area contributed by atoms with Crippen molar-refractivity contribution >= 4 is 64.3 Å². The van der Waals surface area contributed by atoms with Crippen LogP contribution in [0, 0.1) is 0 Å². The van der Waals surface area contributed by atoms with Crippen molar-refractivity contribution in [1.82, 2.24) is 19.6 Å². The van der Waals surface area contributed by atoms with Gasteiger partial charge in [0.05, 0.1) is 45.3 Å². The number of fused-ring (bicyclic) bond motifs is 8. The summed E-state index contributed by atoms with van der Waals surface area (Å²) in [7, 11) is -20.8. The highest BCUT2D eigenvalue weighted by Crippen LogP contribution is 2.56. The Morgan fingerprint density at radius 3 is 0.600 bits per heavy atom. The van der Waals surface area contributed by atoms with Crippen LogP contribution in [0.4, 0.5) is 0 Å². The average molecular weight is 1490 g/mol. The molecule has 4 aromatic carbocycles. The molecular weight excluding hydrogens is 1400 g/mol. The Balaban J connectivity index is 1.55. The predicted octanol–water partition coefficient (Wildman–Crippen LogP) is 5.04. The molecule has 0 unspecified atom stereocenters. The molecule has 4 saturated heterocycles. The second kappa shape index (κ2) is 30.7. The molecule has 1 aliphatic carbocycles. The highest BCUT2D eigenvalue weighted by atomic mass is 32.2. The van der Waals surface area contributed by atoms with Crippen LogP contribution in [-0.2, 0) is 85.8 Å². The quantitative estimate of drug-likeness (QED) is 0.0408. The Bertz CT molecular complexity index is 3650. The summed E-state index contributed by atoms with van der Waals surface area (Å²) in [5.74, 6) is -26.8. The normalized spacial score (nSPS) is 23.2. The van der Waals surface area contributed by atoms with Crippen LogP contribution < -0.4 is 0 Å². The van der Waals surface area contributed by atoms with E-state index in [1.165, 1.54) is 19.6 Å². The summed E-state index contributed by atoms with van der Waals surface area (Å²) in [6, 6.07) is -1.63. The van der Waals surface area contributed by atoms with Crippen LogP contribution in [0.15, 0.2) is 24.3 Å². The third kappa shape index (κ3) is 17.4. The van der Waals surface area contributed by atoms with Crippen molar-refractivity contribution < 1.29 is 132 Å². The Kier molecular flexibility index (Phi) is 23.6. The molecule has 0 amide bonds. The predicted molar refractivity (Wildman–Crippen MR) is 353 cm³/mol. The molecule has 0 aromatic heterocycles. The molecule has 5 aliphatic rings. The number of nitrogens with zero attached hydrogens (tertiary/aromatic N) is 4. The summed E-state index contributed by atoms with van der Waals surface area (Å²) in [4.78, 5) is 57.3. The van der Waals surface area contributed by atoms with Crippen LogP contribution in [0.5, 0.6) is 46.0 Å². The summed E-state index contributed by atoms with van der Waals surface area (Å²) in [5, 5.41) is 147. The van der Waals surface area contributed by atoms with E-state index in [0.717, 1.165) is 24.3 Å². The van der Waals surface area contributed by atoms with E-state index in [0.29, 0.717) is 51.4 Å². The highest BCUT2D eigenvalue weighted by molar-refractivity contribution is 7.86. The Labute approximate surface area is 576 Å². The third-order valence-corrected chi connectivity index (χ3v) is 23.4. The summed E-state index contributed by atoms with van der Waals surface area (Å²) in [6.45, 7) is -3.13. The molecule has 16 N–H and O–H groups in total. The summed E-state index contributed by atoms with van der Waals surface area (Å²) in [6.07, 6.45) is -1.07. The number of hydrogen-bond acceptors (Lipinski definition) is 24. The van der Waals surface area contributed by atoms with Crippen molar-refractivity contribution in [1.29, 1.82) is 0 Å². The van der Waals surface area contributed by atoms with Gasteiger partial charge in [-0.15, -0.1) is 0 Å². The zero-order chi connectivity index (χ0) is 73.4. The van der Waals surface area contributed by atoms with E-state index in [1.54, 1.807) is 0 Å². The van der Waals surface area contributed by atoms with Crippen molar-refractivity contribution in [3.63, 3.8) is 0 Å². The molecule has 36 heteroatoms. The first kappa shape index (κ1) is 76.8. The van der Waals surface area contributed by atoms with Gasteiger partial charge in [-0.1, -0.05) is 25.7 Å². The number of hydrogen-bond donors (Lipinski definition) is 16. The van der Waals surface area contributed by atoms with Gasteiger partial charge >= 0.3 is 23.9 Å². The smallest absolute Gasteiger partial charge is 0.320 e. The first-order valence-corrected chi connectivity index (χ1v) is 39.2. The second-order valence-corrected chi connectivity index (χ2v) is 33.0. The monoisotopic (exact) mass is 1480 g/mol. The maximum Gasteiger partial charge on any atom is 0.320 e. The van der Waals surface area contributed by atoms with Crippen molar-refractivity contribution in [2.45, 2.75) is 177 Å². The molecule has 4 heterocycles. The van der Waals surface area contributed by atoms with Gasteiger partial charge in [0.2, 0.25) is 0 Å². The van der Waals surface area contributed by atoms with Gasteiger partial charge in [-0.3, -0.25) is 57.0 Å². The number of phenols is 8. The minimum atomic E-state index is -5.20. The van der Waals surface area contributed by atoms with Crippen molar-refractivity contribution in [3.8, 4) is 46.0 Å². The minimum absolute atomic E-state index is 0.00398. The van der Waals surface area contributed by atoms with Crippen LogP contribution in [0.25, 0.3) is 0 Å². The second-order valence-electron chi connectivity index (χ2n) is 26.7. The number of carbonyl (C=O) groups is 4. The number of rotatable bonds is 24. The lowest BCUT2D eigenvalue weighted by Gasteiger charge is -2.36. The van der Waals surface area contributed by atoms with Gasteiger partial charge in [-0.05, 0) is 127 Å². The van der Waals surface area contributed by atoms with Crippen molar-refractivity contribution in [2.75, 3.05) is 49.2 Å². The average Bonchev–Trinajstić information content (AvgIpc) is 0.737. The molecule has 4 aliphatic heterocycles. The summed E-state index contributed by atoms with van der Waals surface area (Å²) >= 11 is 0. The van der Waals surface area contributed by atoms with E-state index < -0.39 is 300 Å². The van der Waals surface area contributed by atoms with Crippen LogP contribution in [0.1, 0.15) is 193 Å². The molecular formula is C64H84N4O28S4. The summed E-state index contributed by atoms with van der Waals surface area (Å²) in [5.41, 5.74) is -7.22. The molecule has 0 radical (unpaired) electrons. The van der Waals surface area contributed by atoms with Gasteiger partial charge in [-0.25, -0.2) is 0 Å². The maximum absolute atomic E-state index is 13.2. The molecule has 100 heavy (non-hydrogen) atoms. The van der Waals surface area contributed by atoms with Gasteiger partial charge < -0.3 is 61.3 Å². The van der Waals surface area contributed by atoms with Crippen molar-refractivity contribution in [2.24, 2.45) is 0 Å². The number of phenolic OH excluding ortho intramolecular Hbond substituents is 8. The van der Waals surface area contributed by atoms with E-state index in [9.17, 15) is 132 Å². The highest BCUT2D eigenvalue weighted by Gasteiger charge is 2.43. The van der Waals surface area contributed by atoms with E-state index >= 15 is 0 Å². The van der Waals surface area contributed by atoms with Crippen molar-refractivity contribution in [3.05, 3.63) is 91.0 Å². The molecule has 32 nitrogen and oxygen atoms in total. The fourth-order valence-electron chi connectivity index (χ4n) is 15.4. The largest absolute Gasteiger partial charge is 0.507 e. The minimum Gasteiger partial charge on any atom is -0.507 e. The molecule has 4 fully saturated rings. The molecule has 4 atom stereocenters. The van der Waals surface area contributed by atoms with Crippen LogP contribution in [-0.4, -0.2) is 230 Å². The number of likely N-dealkylation sites (tertiary alicyclic amines) is 4. The van der Waals surface area contributed by atoms with E-state index in [-0.39, 0.29) is 51.9 Å². The van der Waals surface area contributed by atoms with Gasteiger partial charge in [0, 0.05) is 94.4 Å². The molecule has 8 bridgehead atoms. The lowest BCUT2D eigenvalue weighted by molar-refractivity contribution is -0.145. The lowest BCUT2D eigenvalue weighted by atomic mass is 9.75. The number of aliphatic carboxylic acids is 4. The van der Waals surface area contributed by atoms with E-state index in [1.807, 2.05) is 0 Å². The number of carboxylic acids is 4. The number of benzene rings is 4. The number of piperidine rings is 4. The first-order chi connectivity index (χ1) is 46.7. The zero-order valence-corrected chi connectivity index (χ0v) is 57.5. The fraction of sp³-hybridized carbons (Fsp3) is 0.562. The SMILES string of the molecule is O=C(O)[C@@H]1CCCCN1Cc1c(O)c2cc(c1O)C(CCS(=O)(=O)O)c1cc(c(O)c(CN3CCCC[C@H]3C(=O)O)c1O)C(CCS(=O)(=O)O)c1cc(c(O)c(CN3CCCC[C@H]3C(=O)O)c1O)C(CCS(=O)(=O)O)c1cc(c(O)c(CN3CCCC[C@H]3C(=O)O)c1O)C2CCS(=O)(=O)O. The van der Waals surface area contributed by atoms with Gasteiger partial charge in [0.25, 0.3) is 40.5 Å². The molecule has 0 spiro atoms. The standard InChI is InChI=1S/C64H84N4O28S4/c69-53-37-25-38(54(70)45(53)29-65-17-5-1-9-49(65)61(77)78)34(14-22-98(88,89)90)40-27-42(58(74)47(56(40)72)31-67-19-7-3-11-51(67)63(81)82)36(16-24-100(94,95)96)44-28-43(59(75)48(60(44)76)32-68-20-8-4-12-52(68)64(83)84)35(15-23-99(91,92)93)41-26-39(33(37)13-21-97(85,86)87)55(71)46(57(41)73)30-66-18-6-2-10-50(66)62(79)80/h25-28,33-36,49-52,69-76H,1-24,29-32H2,(H,77,78)(H,79,80)(H,81,82)(H,83,84)(H,85,86,87)(H,88,89,90)(H,91,92,93)(H,94,95,96)/t33?,34?,35?,36?,49-,50-,51-,52-/m0/s1. The molecule has 9 rings (SSSR count). The van der Waals surface area contributed by atoms with Crippen LogP contribution in [0.2, 0.25) is 0 Å². The topological polar surface area (TPSA) is 541 Å². The van der Waals surface area contributed by atoms with Crippen LogP contribution in [0.3, 0.4) is 0 Å². The van der Waals surface area contributed by atoms with E-state index in [4.69, 9.17) is 0 Å². The number of aromatic hydroxyl groups is 8. The Morgan fingerprint density at radius 2 is 0.460 bits per heavy atom. The number of carboxylic acid groups (broad SMARTS) is 4. The van der Waals surface area contributed by atoms with Gasteiger partial charge in [-0.2, -0.15) is 33.7 Å². The van der Waals surface area contributed by atoms with Crippen LogP contribution >= 0.6 is 0 Å². The molecule has 4 aromatic rings. The fourth-order valence-corrected chi connectivity index (χ4v) is 17.6. The van der Waals surface area contributed by atoms with Gasteiger partial charge in [0.1, 0.15) is 70.2 Å². The van der Waals surface area contributed by atoms with Gasteiger partial charge in [0.15, 0.2) is 0 Å². The molecule has 0 saturated carbocycles. The zero-order valence-electron chi connectivity index (χ0n) is 54.2. The molecule has 552 valence electrons. The summed E-state index contributed by atoms with van der Waals surface area (Å²) < 4.78 is 148. The van der Waals surface area contributed by atoms with E-state index in [2.05, 4.69) is 0 Å². The maximum atomic E-state index is 13.2. The lowest BCUT2D eigenvalue weighted by Crippen LogP contribution is -2.44. The first-order valence-electron chi connectivity index (χ1n) is 32.7.